The number of esters is 2. The summed E-state index contributed by atoms with van der Waals surface area (Å²) in [4.78, 5) is 57.5. The van der Waals surface area contributed by atoms with Crippen molar-refractivity contribution in [2.45, 2.75) is 64.2 Å². The number of hydrogen-bond donors (Lipinski definition) is 5. The Kier molecular flexibility index (Phi) is 19.2. The SMILES string of the molecule is COC(=O)/C=C/c1ccccc1N.COC(=O)/C=C/c1ccccc1NC(=O)C1CCCCC1.O=C(/C=C/c1ccccc1NC(=O)C1CCCCC1)NO. The Morgan fingerprint density at radius 3 is 1.38 bits per heavy atom. The standard InChI is InChI=1S/C17H21NO3.C16H20N2O3.C10H11NO2/c1-21-16(19)12-11-13-7-5-6-10-15(13)18-17(20)14-8-3-2-4-9-14;19-15(18-21)11-10-12-6-4-5-9-14(12)17-16(20)13-7-2-1-3-8-13;1-13-10(12)7-6-8-4-2-3-5-9(8)11/h5-7,10-12,14H,2-4,8-9H2,1H3,(H,18,20);4-6,9-11,13,21H,1-3,7-8H2,(H,17,20)(H,18,19);2-7H,11H2,1H3/b12-11+;11-10+;7-6+. The third kappa shape index (κ3) is 15.9. The van der Waals surface area contributed by atoms with Crippen molar-refractivity contribution in [1.29, 1.82) is 0 Å². The number of carbonyl (C=O) groups is 5. The molecule has 2 saturated carbocycles. The molecule has 0 aliphatic heterocycles. The molecule has 0 unspecified atom stereocenters. The lowest BCUT2D eigenvalue weighted by Gasteiger charge is -2.21. The molecule has 292 valence electrons. The average molecular weight is 753 g/mol. The molecule has 12 heteroatoms. The largest absolute Gasteiger partial charge is 0.466 e. The number of carbonyl (C=O) groups excluding carboxylic acids is 5. The summed E-state index contributed by atoms with van der Waals surface area (Å²) in [7, 11) is 2.67. The number of hydrogen-bond acceptors (Lipinski definition) is 9. The van der Waals surface area contributed by atoms with Gasteiger partial charge < -0.3 is 25.8 Å². The molecule has 0 aromatic heterocycles. The minimum atomic E-state index is -0.608. The highest BCUT2D eigenvalue weighted by Gasteiger charge is 2.22. The van der Waals surface area contributed by atoms with Crippen LogP contribution in [0.25, 0.3) is 18.2 Å². The van der Waals surface area contributed by atoms with Crippen LogP contribution in [0.3, 0.4) is 0 Å². The van der Waals surface area contributed by atoms with Gasteiger partial charge in [0.15, 0.2) is 0 Å². The number of nitrogen functional groups attached to an aromatic ring is 1. The van der Waals surface area contributed by atoms with Crippen LogP contribution in [-0.2, 0) is 33.4 Å². The van der Waals surface area contributed by atoms with Crippen molar-refractivity contribution in [3.05, 3.63) is 108 Å². The molecular weight excluding hydrogens is 700 g/mol. The zero-order chi connectivity index (χ0) is 39.8. The maximum atomic E-state index is 12.3. The van der Waals surface area contributed by atoms with Gasteiger partial charge in [0.2, 0.25) is 11.8 Å². The van der Waals surface area contributed by atoms with Crippen molar-refractivity contribution in [2.24, 2.45) is 11.8 Å². The number of benzene rings is 3. The smallest absolute Gasteiger partial charge is 0.330 e. The molecule has 6 N–H and O–H groups in total. The van der Waals surface area contributed by atoms with E-state index in [1.165, 1.54) is 50.8 Å². The van der Waals surface area contributed by atoms with Crippen LogP contribution in [0.2, 0.25) is 0 Å². The van der Waals surface area contributed by atoms with E-state index in [1.54, 1.807) is 36.4 Å². The number of rotatable bonds is 10. The van der Waals surface area contributed by atoms with Gasteiger partial charge in [0.1, 0.15) is 0 Å². The Hall–Kier alpha value is -6.01. The number of amides is 3. The van der Waals surface area contributed by atoms with Crippen LogP contribution in [0, 0.1) is 11.8 Å². The molecule has 0 atom stereocenters. The lowest BCUT2D eigenvalue weighted by Crippen LogP contribution is -2.25. The third-order valence-electron chi connectivity index (χ3n) is 9.11. The molecule has 3 aromatic carbocycles. The summed E-state index contributed by atoms with van der Waals surface area (Å²) in [6, 6.07) is 22.0. The van der Waals surface area contributed by atoms with E-state index < -0.39 is 11.9 Å². The minimum Gasteiger partial charge on any atom is -0.466 e. The Morgan fingerprint density at radius 2 is 0.964 bits per heavy atom. The monoisotopic (exact) mass is 752 g/mol. The first-order valence-electron chi connectivity index (χ1n) is 18.4. The van der Waals surface area contributed by atoms with Crippen molar-refractivity contribution < 1.29 is 38.7 Å². The fraction of sp³-hybridized carbons (Fsp3) is 0.326. The molecule has 2 fully saturated rings. The van der Waals surface area contributed by atoms with Gasteiger partial charge in [-0.05, 0) is 78.8 Å². The number of para-hydroxylation sites is 3. The van der Waals surface area contributed by atoms with E-state index in [9.17, 15) is 24.0 Å². The summed E-state index contributed by atoms with van der Waals surface area (Å²) in [5.41, 5.74) is 11.6. The lowest BCUT2D eigenvalue weighted by molar-refractivity contribution is -0.135. The summed E-state index contributed by atoms with van der Waals surface area (Å²) in [6.45, 7) is 0. The number of hydroxylamine groups is 1. The highest BCUT2D eigenvalue weighted by atomic mass is 16.5. The summed E-state index contributed by atoms with van der Waals surface area (Å²) in [5.74, 6) is -1.10. The Bertz CT molecular complexity index is 1710. The highest BCUT2D eigenvalue weighted by Crippen LogP contribution is 2.27. The van der Waals surface area contributed by atoms with Gasteiger partial charge >= 0.3 is 11.9 Å². The fourth-order valence-electron chi connectivity index (χ4n) is 6.03. The van der Waals surface area contributed by atoms with Crippen molar-refractivity contribution in [3.63, 3.8) is 0 Å². The highest BCUT2D eigenvalue weighted by molar-refractivity contribution is 5.97. The molecule has 2 aliphatic carbocycles. The Labute approximate surface area is 322 Å². The molecule has 0 bridgehead atoms. The molecule has 2 aliphatic rings. The second-order valence-electron chi connectivity index (χ2n) is 13.0. The molecule has 0 radical (unpaired) electrons. The predicted molar refractivity (Wildman–Crippen MR) is 215 cm³/mol. The van der Waals surface area contributed by atoms with Crippen LogP contribution in [0.4, 0.5) is 17.1 Å². The Morgan fingerprint density at radius 1 is 0.582 bits per heavy atom. The van der Waals surface area contributed by atoms with Gasteiger partial charge in [0, 0.05) is 47.1 Å². The summed E-state index contributed by atoms with van der Waals surface area (Å²) >= 11 is 0. The number of methoxy groups -OCH3 is 2. The summed E-state index contributed by atoms with van der Waals surface area (Å²) in [6.07, 6.45) is 19.5. The van der Waals surface area contributed by atoms with Gasteiger partial charge in [-0.1, -0.05) is 93.1 Å². The molecule has 0 heterocycles. The van der Waals surface area contributed by atoms with Crippen LogP contribution in [-0.4, -0.2) is 49.1 Å². The van der Waals surface area contributed by atoms with Gasteiger partial charge in [0.05, 0.1) is 14.2 Å². The fourth-order valence-corrected chi connectivity index (χ4v) is 6.03. The predicted octanol–water partition coefficient (Wildman–Crippen LogP) is 7.57. The van der Waals surface area contributed by atoms with E-state index in [-0.39, 0.29) is 29.6 Å². The van der Waals surface area contributed by atoms with Crippen LogP contribution in [0.5, 0.6) is 0 Å². The van der Waals surface area contributed by atoms with E-state index in [1.807, 2.05) is 54.6 Å². The van der Waals surface area contributed by atoms with Gasteiger partial charge in [-0.2, -0.15) is 0 Å². The molecule has 55 heavy (non-hydrogen) atoms. The zero-order valence-corrected chi connectivity index (χ0v) is 31.5. The van der Waals surface area contributed by atoms with E-state index >= 15 is 0 Å². The number of ether oxygens (including phenoxy) is 2. The van der Waals surface area contributed by atoms with Gasteiger partial charge in [-0.25, -0.2) is 15.1 Å². The second-order valence-corrected chi connectivity index (χ2v) is 13.0. The first-order valence-corrected chi connectivity index (χ1v) is 18.4. The average Bonchev–Trinajstić information content (AvgIpc) is 3.23. The van der Waals surface area contributed by atoms with Crippen molar-refractivity contribution in [2.75, 3.05) is 30.6 Å². The molecule has 12 nitrogen and oxygen atoms in total. The van der Waals surface area contributed by atoms with Crippen molar-refractivity contribution in [3.8, 4) is 0 Å². The maximum Gasteiger partial charge on any atom is 0.330 e. The van der Waals surface area contributed by atoms with Gasteiger partial charge in [0.25, 0.3) is 5.91 Å². The van der Waals surface area contributed by atoms with E-state index in [4.69, 9.17) is 10.9 Å². The number of nitrogens with one attached hydrogen (secondary N) is 3. The first kappa shape index (κ1) is 43.4. The zero-order valence-electron chi connectivity index (χ0n) is 31.5. The van der Waals surface area contributed by atoms with Crippen LogP contribution < -0.4 is 21.8 Å². The van der Waals surface area contributed by atoms with E-state index in [0.717, 1.165) is 73.7 Å². The summed E-state index contributed by atoms with van der Waals surface area (Å²) < 4.78 is 9.02. The maximum absolute atomic E-state index is 12.3. The van der Waals surface area contributed by atoms with Crippen LogP contribution in [0.1, 0.15) is 80.9 Å². The van der Waals surface area contributed by atoms with E-state index in [2.05, 4.69) is 20.1 Å². The summed E-state index contributed by atoms with van der Waals surface area (Å²) in [5, 5.41) is 14.4. The van der Waals surface area contributed by atoms with E-state index in [0.29, 0.717) is 11.4 Å². The van der Waals surface area contributed by atoms with Crippen LogP contribution >= 0.6 is 0 Å². The molecule has 0 saturated heterocycles. The third-order valence-corrected chi connectivity index (χ3v) is 9.11. The molecule has 3 aromatic rings. The molecule has 0 spiro atoms. The lowest BCUT2D eigenvalue weighted by atomic mass is 9.88. The van der Waals surface area contributed by atoms with Gasteiger partial charge in [-0.15, -0.1) is 0 Å². The number of nitrogens with two attached hydrogens (primary N) is 1. The van der Waals surface area contributed by atoms with Crippen molar-refractivity contribution in [1.82, 2.24) is 5.48 Å². The Balaban J connectivity index is 0.000000229. The molecule has 5 rings (SSSR count). The van der Waals surface area contributed by atoms with Crippen molar-refractivity contribution >= 4 is 65.0 Å². The van der Waals surface area contributed by atoms with Crippen LogP contribution in [0.15, 0.2) is 91.0 Å². The normalized spacial score (nSPS) is 14.5. The quantitative estimate of drug-likeness (QED) is 0.0458. The van der Waals surface area contributed by atoms with Gasteiger partial charge in [-0.3, -0.25) is 19.6 Å². The second kappa shape index (κ2) is 24.3. The topological polar surface area (TPSA) is 186 Å². The first-order chi connectivity index (χ1) is 26.6. The molecular formula is C43H52N4O8. The minimum absolute atomic E-state index is 0.0437. The molecule has 3 amide bonds. The number of anilines is 3.